The monoisotopic (exact) mass is 365 g/mol. The van der Waals surface area contributed by atoms with E-state index < -0.39 is 21.9 Å². The van der Waals surface area contributed by atoms with E-state index in [4.69, 9.17) is 4.74 Å². The number of carbonyl (C=O) groups excluding carboxylic acids is 2. The second-order valence-electron chi connectivity index (χ2n) is 5.49. The molecule has 1 heterocycles. The lowest BCUT2D eigenvalue weighted by atomic mass is 10.1. The predicted molar refractivity (Wildman–Crippen MR) is 94.5 cm³/mol. The highest BCUT2D eigenvalue weighted by molar-refractivity contribution is 7.92. The van der Waals surface area contributed by atoms with Crippen LogP contribution in [0.5, 0.6) is 0 Å². The van der Waals surface area contributed by atoms with Gasteiger partial charge in [0, 0.05) is 5.69 Å². The Bertz CT molecular complexity index is 931. The number of amides is 1. The summed E-state index contributed by atoms with van der Waals surface area (Å²) in [5, 5.41) is 2.64. The summed E-state index contributed by atoms with van der Waals surface area (Å²) in [6, 6.07) is 6.40. The Balaban J connectivity index is 2.35. The molecule has 0 atom stereocenters. The van der Waals surface area contributed by atoms with Crippen LogP contribution in [0.2, 0.25) is 0 Å². The van der Waals surface area contributed by atoms with Crippen molar-refractivity contribution in [1.82, 2.24) is 4.98 Å². The molecule has 8 nitrogen and oxygen atoms in total. The molecule has 0 saturated heterocycles. The third-order valence-electron chi connectivity index (χ3n) is 3.52. The van der Waals surface area contributed by atoms with E-state index >= 15 is 0 Å². The molecular formula is C16H19N3O5S. The number of carbonyl (C=O) groups is 2. The van der Waals surface area contributed by atoms with Gasteiger partial charge in [-0.3, -0.25) is 9.52 Å². The van der Waals surface area contributed by atoms with Crippen molar-refractivity contribution in [2.45, 2.75) is 13.8 Å². The van der Waals surface area contributed by atoms with E-state index in [1.807, 2.05) is 0 Å². The number of aromatic nitrogens is 1. The van der Waals surface area contributed by atoms with E-state index in [-0.39, 0.29) is 11.4 Å². The van der Waals surface area contributed by atoms with Crippen molar-refractivity contribution in [2.24, 2.45) is 0 Å². The number of para-hydroxylation sites is 2. The van der Waals surface area contributed by atoms with Crippen LogP contribution in [0, 0.1) is 13.8 Å². The fourth-order valence-electron chi connectivity index (χ4n) is 2.45. The number of methoxy groups -OCH3 is 1. The fraction of sp³-hybridized carbons (Fsp3) is 0.250. The number of ether oxygens (including phenoxy) is 1. The standard InChI is InChI=1S/C16H19N3O5S/c1-9-13(16(21)24-3)10(2)17-14(9)15(20)18-11-7-5-6-8-12(11)19-25(4,22)23/h5-8,17,19H,1-4H3,(H,18,20). The zero-order chi connectivity index (χ0) is 18.8. The number of hydrogen-bond acceptors (Lipinski definition) is 5. The smallest absolute Gasteiger partial charge is 0.339 e. The van der Waals surface area contributed by atoms with E-state index in [9.17, 15) is 18.0 Å². The van der Waals surface area contributed by atoms with Crippen LogP contribution in [0.3, 0.4) is 0 Å². The highest BCUT2D eigenvalue weighted by Crippen LogP contribution is 2.24. The summed E-state index contributed by atoms with van der Waals surface area (Å²) in [4.78, 5) is 27.2. The maximum Gasteiger partial charge on any atom is 0.339 e. The van der Waals surface area contributed by atoms with Crippen molar-refractivity contribution in [3.8, 4) is 0 Å². The second kappa shape index (κ2) is 6.98. The molecule has 2 aromatic rings. The fourth-order valence-corrected chi connectivity index (χ4v) is 3.03. The van der Waals surface area contributed by atoms with Crippen LogP contribution < -0.4 is 10.0 Å². The van der Waals surface area contributed by atoms with Crippen LogP contribution in [0.15, 0.2) is 24.3 Å². The first-order chi connectivity index (χ1) is 11.6. The Labute approximate surface area is 145 Å². The average molecular weight is 365 g/mol. The molecule has 1 aromatic heterocycles. The summed E-state index contributed by atoms with van der Waals surface area (Å²) in [5.41, 5.74) is 2.01. The number of sulfonamides is 1. The van der Waals surface area contributed by atoms with Crippen molar-refractivity contribution < 1.29 is 22.7 Å². The molecule has 0 saturated carbocycles. The van der Waals surface area contributed by atoms with Gasteiger partial charge >= 0.3 is 5.97 Å². The molecule has 9 heteroatoms. The number of H-pyrrole nitrogens is 1. The molecule has 0 unspecified atom stereocenters. The van der Waals surface area contributed by atoms with Crippen molar-refractivity contribution in [3.63, 3.8) is 0 Å². The number of nitrogens with one attached hydrogen (secondary N) is 3. The minimum absolute atomic E-state index is 0.201. The minimum atomic E-state index is -3.50. The lowest BCUT2D eigenvalue weighted by Gasteiger charge is -2.11. The Morgan fingerprint density at radius 3 is 2.28 bits per heavy atom. The zero-order valence-electron chi connectivity index (χ0n) is 14.3. The summed E-state index contributed by atoms with van der Waals surface area (Å²) < 4.78 is 29.9. The Morgan fingerprint density at radius 1 is 1.12 bits per heavy atom. The average Bonchev–Trinajstić information content (AvgIpc) is 2.82. The number of rotatable bonds is 5. The molecule has 0 fully saturated rings. The number of aryl methyl sites for hydroxylation is 1. The highest BCUT2D eigenvalue weighted by Gasteiger charge is 2.23. The van der Waals surface area contributed by atoms with Gasteiger partial charge in [0.2, 0.25) is 10.0 Å². The number of benzene rings is 1. The van der Waals surface area contributed by atoms with Gasteiger partial charge in [-0.15, -0.1) is 0 Å². The molecule has 134 valence electrons. The molecule has 2 rings (SSSR count). The minimum Gasteiger partial charge on any atom is -0.465 e. The third kappa shape index (κ3) is 4.18. The Kier molecular flexibility index (Phi) is 5.17. The molecule has 25 heavy (non-hydrogen) atoms. The van der Waals surface area contributed by atoms with Gasteiger partial charge < -0.3 is 15.0 Å². The Morgan fingerprint density at radius 2 is 1.72 bits per heavy atom. The van der Waals surface area contributed by atoms with Crippen LogP contribution in [-0.2, 0) is 14.8 Å². The van der Waals surface area contributed by atoms with Gasteiger partial charge in [0.05, 0.1) is 30.3 Å². The third-order valence-corrected chi connectivity index (χ3v) is 4.12. The molecule has 1 aromatic carbocycles. The van der Waals surface area contributed by atoms with Gasteiger partial charge in [-0.25, -0.2) is 13.2 Å². The first-order valence-corrected chi connectivity index (χ1v) is 9.19. The molecule has 0 spiro atoms. The topological polar surface area (TPSA) is 117 Å². The summed E-state index contributed by atoms with van der Waals surface area (Å²) in [6.45, 7) is 3.29. The molecule has 0 aliphatic carbocycles. The van der Waals surface area contributed by atoms with E-state index in [1.165, 1.54) is 13.2 Å². The number of hydrogen-bond donors (Lipinski definition) is 3. The molecule has 3 N–H and O–H groups in total. The highest BCUT2D eigenvalue weighted by atomic mass is 32.2. The molecule has 0 aliphatic heterocycles. The van der Waals surface area contributed by atoms with Gasteiger partial charge in [-0.05, 0) is 31.5 Å². The molecule has 1 amide bonds. The lowest BCUT2D eigenvalue weighted by molar-refractivity contribution is 0.0599. The summed E-state index contributed by atoms with van der Waals surface area (Å²) >= 11 is 0. The van der Waals surface area contributed by atoms with Crippen molar-refractivity contribution in [2.75, 3.05) is 23.4 Å². The van der Waals surface area contributed by atoms with Gasteiger partial charge in [-0.2, -0.15) is 0 Å². The second-order valence-corrected chi connectivity index (χ2v) is 7.24. The van der Waals surface area contributed by atoms with Gasteiger partial charge in [0.25, 0.3) is 5.91 Å². The van der Waals surface area contributed by atoms with Crippen LogP contribution in [0.4, 0.5) is 11.4 Å². The predicted octanol–water partition coefficient (Wildman–Crippen LogP) is 2.04. The van der Waals surface area contributed by atoms with E-state index in [0.29, 0.717) is 22.5 Å². The maximum absolute atomic E-state index is 12.6. The first kappa shape index (κ1) is 18.5. The normalized spacial score (nSPS) is 11.0. The van der Waals surface area contributed by atoms with Gasteiger partial charge in [0.15, 0.2) is 0 Å². The number of aromatic amines is 1. The number of esters is 1. The largest absolute Gasteiger partial charge is 0.465 e. The quantitative estimate of drug-likeness (QED) is 0.701. The van der Waals surface area contributed by atoms with E-state index in [1.54, 1.807) is 32.0 Å². The van der Waals surface area contributed by atoms with E-state index in [0.717, 1.165) is 6.26 Å². The lowest BCUT2D eigenvalue weighted by Crippen LogP contribution is -2.17. The van der Waals surface area contributed by atoms with Crippen LogP contribution in [0.1, 0.15) is 32.1 Å². The van der Waals surface area contributed by atoms with Crippen molar-refractivity contribution >= 4 is 33.3 Å². The summed E-state index contributed by atoms with van der Waals surface area (Å²) in [7, 11) is -2.23. The SMILES string of the molecule is COC(=O)c1c(C)[nH]c(C(=O)Nc2ccccc2NS(C)(=O)=O)c1C. The van der Waals surface area contributed by atoms with Gasteiger partial charge in [0.1, 0.15) is 5.69 Å². The number of anilines is 2. The maximum atomic E-state index is 12.6. The van der Waals surface area contributed by atoms with Crippen LogP contribution in [-0.4, -0.2) is 38.6 Å². The molecular weight excluding hydrogens is 346 g/mol. The van der Waals surface area contributed by atoms with Crippen molar-refractivity contribution in [1.29, 1.82) is 0 Å². The van der Waals surface area contributed by atoms with Crippen LogP contribution >= 0.6 is 0 Å². The van der Waals surface area contributed by atoms with Gasteiger partial charge in [-0.1, -0.05) is 12.1 Å². The molecule has 0 aliphatic rings. The van der Waals surface area contributed by atoms with Crippen molar-refractivity contribution in [3.05, 3.63) is 46.8 Å². The van der Waals surface area contributed by atoms with E-state index in [2.05, 4.69) is 15.0 Å². The summed E-state index contributed by atoms with van der Waals surface area (Å²) in [6.07, 6.45) is 1.02. The first-order valence-electron chi connectivity index (χ1n) is 7.29. The molecule has 0 bridgehead atoms. The molecule has 0 radical (unpaired) electrons. The zero-order valence-corrected chi connectivity index (χ0v) is 15.1. The van der Waals surface area contributed by atoms with Crippen LogP contribution in [0.25, 0.3) is 0 Å². The summed E-state index contributed by atoms with van der Waals surface area (Å²) in [5.74, 6) is -1.04. The Hall–Kier alpha value is -2.81.